The number of benzene rings is 2. The van der Waals surface area contributed by atoms with Crippen molar-refractivity contribution < 1.29 is 14.3 Å². The largest absolute Gasteiger partial charge is 0.497 e. The number of carbonyl (C=O) groups excluding carboxylic acids is 1. The van der Waals surface area contributed by atoms with Crippen molar-refractivity contribution >= 4 is 16.9 Å². The molecule has 0 aliphatic heterocycles. The van der Waals surface area contributed by atoms with Gasteiger partial charge in [-0.2, -0.15) is 0 Å². The third kappa shape index (κ3) is 3.54. The number of ether oxygens (including phenoxy) is 2. The molecule has 0 unspecified atom stereocenters. The first kappa shape index (κ1) is 16.0. The number of pyridine rings is 1. The number of methoxy groups -OCH3 is 1. The molecule has 4 nitrogen and oxygen atoms in total. The Morgan fingerprint density at radius 1 is 1.08 bits per heavy atom. The van der Waals surface area contributed by atoms with Crippen LogP contribution in [0.4, 0.5) is 0 Å². The number of para-hydroxylation sites is 1. The minimum atomic E-state index is -0.315. The van der Waals surface area contributed by atoms with E-state index in [4.69, 9.17) is 9.47 Å². The molecule has 0 bridgehead atoms. The van der Waals surface area contributed by atoms with E-state index >= 15 is 0 Å². The van der Waals surface area contributed by atoms with Crippen LogP contribution in [0.3, 0.4) is 0 Å². The Morgan fingerprint density at radius 3 is 2.58 bits per heavy atom. The predicted octanol–water partition coefficient (Wildman–Crippen LogP) is 3.95. The molecule has 0 spiro atoms. The van der Waals surface area contributed by atoms with E-state index in [0.717, 1.165) is 27.9 Å². The van der Waals surface area contributed by atoms with Gasteiger partial charge in [0.05, 0.1) is 24.8 Å². The summed E-state index contributed by atoms with van der Waals surface area (Å²) in [6.45, 7) is 2.21. The Bertz CT molecular complexity index is 856. The van der Waals surface area contributed by atoms with Crippen LogP contribution in [-0.2, 0) is 11.2 Å². The summed E-state index contributed by atoms with van der Waals surface area (Å²) in [4.78, 5) is 16.9. The Labute approximate surface area is 141 Å². The summed E-state index contributed by atoms with van der Waals surface area (Å²) >= 11 is 0. The summed E-state index contributed by atoms with van der Waals surface area (Å²) in [7, 11) is 1.64. The van der Waals surface area contributed by atoms with Gasteiger partial charge in [-0.1, -0.05) is 30.3 Å². The molecule has 4 heteroatoms. The van der Waals surface area contributed by atoms with Crippen molar-refractivity contribution in [2.24, 2.45) is 0 Å². The van der Waals surface area contributed by atoms with Gasteiger partial charge in [-0.15, -0.1) is 0 Å². The first-order valence-electron chi connectivity index (χ1n) is 7.84. The van der Waals surface area contributed by atoms with E-state index in [0.29, 0.717) is 18.6 Å². The fraction of sp³-hybridized carbons (Fsp3) is 0.200. The standard InChI is InChI=1S/C20H19NO3/c1-14-13-18(17-5-3-4-6-19(17)21-14)20(22)24-12-11-15-7-9-16(23-2)10-8-15/h3-10,13H,11-12H2,1-2H3. The van der Waals surface area contributed by atoms with E-state index in [-0.39, 0.29) is 5.97 Å². The molecular formula is C20H19NO3. The van der Waals surface area contributed by atoms with Crippen LogP contribution in [0.5, 0.6) is 5.75 Å². The van der Waals surface area contributed by atoms with Gasteiger partial charge in [0.2, 0.25) is 0 Å². The molecule has 3 aromatic rings. The molecule has 122 valence electrons. The highest BCUT2D eigenvalue weighted by Gasteiger charge is 2.13. The zero-order valence-electron chi connectivity index (χ0n) is 13.8. The van der Waals surface area contributed by atoms with Gasteiger partial charge < -0.3 is 9.47 Å². The molecule has 3 rings (SSSR count). The van der Waals surface area contributed by atoms with E-state index in [1.807, 2.05) is 55.5 Å². The van der Waals surface area contributed by atoms with Crippen molar-refractivity contribution in [3.8, 4) is 5.75 Å². The van der Waals surface area contributed by atoms with E-state index in [1.54, 1.807) is 13.2 Å². The number of carbonyl (C=O) groups is 1. The van der Waals surface area contributed by atoms with Crippen LogP contribution in [0.1, 0.15) is 21.6 Å². The predicted molar refractivity (Wildman–Crippen MR) is 93.5 cm³/mol. The van der Waals surface area contributed by atoms with Crippen LogP contribution in [0, 0.1) is 6.92 Å². The maximum absolute atomic E-state index is 12.4. The van der Waals surface area contributed by atoms with Crippen molar-refractivity contribution in [2.45, 2.75) is 13.3 Å². The summed E-state index contributed by atoms with van der Waals surface area (Å²) in [5, 5.41) is 0.817. The van der Waals surface area contributed by atoms with Gasteiger partial charge in [0, 0.05) is 17.5 Å². The second-order valence-electron chi connectivity index (χ2n) is 5.56. The number of rotatable bonds is 5. The highest BCUT2D eigenvalue weighted by atomic mass is 16.5. The summed E-state index contributed by atoms with van der Waals surface area (Å²) in [6, 6.07) is 17.1. The fourth-order valence-corrected chi connectivity index (χ4v) is 2.61. The summed E-state index contributed by atoms with van der Waals surface area (Å²) in [6.07, 6.45) is 0.664. The molecule has 0 aliphatic rings. The SMILES string of the molecule is COc1ccc(CCOC(=O)c2cc(C)nc3ccccc23)cc1. The molecule has 0 saturated carbocycles. The molecule has 0 radical (unpaired) electrons. The Balaban J connectivity index is 1.69. The molecule has 24 heavy (non-hydrogen) atoms. The summed E-state index contributed by atoms with van der Waals surface area (Å²) in [5.74, 6) is 0.500. The van der Waals surface area contributed by atoms with E-state index < -0.39 is 0 Å². The normalized spacial score (nSPS) is 10.6. The number of fused-ring (bicyclic) bond motifs is 1. The number of hydrogen-bond donors (Lipinski definition) is 0. The van der Waals surface area contributed by atoms with Gasteiger partial charge in [0.25, 0.3) is 0 Å². The summed E-state index contributed by atoms with van der Waals surface area (Å²) in [5.41, 5.74) is 3.27. The van der Waals surface area contributed by atoms with Gasteiger partial charge in [-0.05, 0) is 36.8 Å². The van der Waals surface area contributed by atoms with Crippen molar-refractivity contribution in [1.82, 2.24) is 4.98 Å². The second kappa shape index (κ2) is 7.13. The zero-order chi connectivity index (χ0) is 16.9. The van der Waals surface area contributed by atoms with E-state index in [2.05, 4.69) is 4.98 Å². The minimum Gasteiger partial charge on any atom is -0.497 e. The molecule has 1 aromatic heterocycles. The second-order valence-corrected chi connectivity index (χ2v) is 5.56. The van der Waals surface area contributed by atoms with Crippen molar-refractivity contribution in [3.05, 3.63) is 71.4 Å². The topological polar surface area (TPSA) is 48.4 Å². The first-order chi connectivity index (χ1) is 11.7. The molecule has 0 atom stereocenters. The highest BCUT2D eigenvalue weighted by Crippen LogP contribution is 2.19. The van der Waals surface area contributed by atoms with Crippen molar-refractivity contribution in [1.29, 1.82) is 0 Å². The maximum Gasteiger partial charge on any atom is 0.338 e. The lowest BCUT2D eigenvalue weighted by Gasteiger charge is -2.09. The third-order valence-corrected chi connectivity index (χ3v) is 3.85. The molecular weight excluding hydrogens is 302 g/mol. The molecule has 2 aromatic carbocycles. The lowest BCUT2D eigenvalue weighted by molar-refractivity contribution is 0.0511. The fourth-order valence-electron chi connectivity index (χ4n) is 2.61. The number of aromatic nitrogens is 1. The number of nitrogens with zero attached hydrogens (tertiary/aromatic N) is 1. The van der Waals surface area contributed by atoms with Gasteiger partial charge in [0.1, 0.15) is 5.75 Å². The van der Waals surface area contributed by atoms with Crippen LogP contribution in [0.15, 0.2) is 54.6 Å². The quantitative estimate of drug-likeness (QED) is 0.668. The minimum absolute atomic E-state index is 0.315. The third-order valence-electron chi connectivity index (χ3n) is 3.85. The molecule has 0 aliphatic carbocycles. The Hall–Kier alpha value is -2.88. The van der Waals surface area contributed by atoms with Crippen LogP contribution in [0.25, 0.3) is 10.9 Å². The Kier molecular flexibility index (Phi) is 4.75. The highest BCUT2D eigenvalue weighted by molar-refractivity contribution is 6.03. The average Bonchev–Trinajstić information content (AvgIpc) is 2.61. The summed E-state index contributed by atoms with van der Waals surface area (Å²) < 4.78 is 10.6. The average molecular weight is 321 g/mol. The number of hydrogen-bond acceptors (Lipinski definition) is 4. The lowest BCUT2D eigenvalue weighted by Crippen LogP contribution is -2.09. The van der Waals surface area contributed by atoms with E-state index in [9.17, 15) is 4.79 Å². The maximum atomic E-state index is 12.4. The lowest BCUT2D eigenvalue weighted by atomic mass is 10.1. The smallest absolute Gasteiger partial charge is 0.338 e. The van der Waals surface area contributed by atoms with Gasteiger partial charge >= 0.3 is 5.97 Å². The molecule has 0 amide bonds. The number of esters is 1. The zero-order valence-corrected chi connectivity index (χ0v) is 13.8. The van der Waals surface area contributed by atoms with Crippen LogP contribution in [0.2, 0.25) is 0 Å². The molecule has 0 saturated heterocycles. The number of aryl methyl sites for hydroxylation is 1. The molecule has 1 heterocycles. The van der Waals surface area contributed by atoms with Crippen molar-refractivity contribution in [2.75, 3.05) is 13.7 Å². The van der Waals surface area contributed by atoms with E-state index in [1.165, 1.54) is 0 Å². The van der Waals surface area contributed by atoms with Crippen LogP contribution in [-0.4, -0.2) is 24.7 Å². The van der Waals surface area contributed by atoms with Crippen molar-refractivity contribution in [3.63, 3.8) is 0 Å². The Morgan fingerprint density at radius 2 is 1.83 bits per heavy atom. The monoisotopic (exact) mass is 321 g/mol. The first-order valence-corrected chi connectivity index (χ1v) is 7.84. The van der Waals surface area contributed by atoms with Gasteiger partial charge in [-0.3, -0.25) is 4.98 Å². The van der Waals surface area contributed by atoms with Gasteiger partial charge in [0.15, 0.2) is 0 Å². The van der Waals surface area contributed by atoms with Crippen LogP contribution >= 0.6 is 0 Å². The molecule has 0 fully saturated rings. The van der Waals surface area contributed by atoms with Gasteiger partial charge in [-0.25, -0.2) is 4.79 Å². The van der Waals surface area contributed by atoms with Crippen LogP contribution < -0.4 is 4.74 Å². The molecule has 0 N–H and O–H groups in total.